The van der Waals surface area contributed by atoms with E-state index in [0.29, 0.717) is 24.6 Å². The van der Waals surface area contributed by atoms with Crippen LogP contribution in [-0.2, 0) is 11.3 Å². The van der Waals surface area contributed by atoms with E-state index >= 15 is 0 Å². The summed E-state index contributed by atoms with van der Waals surface area (Å²) in [5.74, 6) is 6.36. The van der Waals surface area contributed by atoms with Crippen LogP contribution in [0.2, 0.25) is 0 Å². The maximum atomic E-state index is 12.1. The Bertz CT molecular complexity index is 564. The molecule has 6 nitrogen and oxygen atoms in total. The number of rotatable bonds is 2. The Morgan fingerprint density at radius 3 is 3.24 bits per heavy atom. The number of amides is 1. The predicted octanol–water partition coefficient (Wildman–Crippen LogP) is 0.968. The van der Waals surface area contributed by atoms with Crippen molar-refractivity contribution in [1.29, 1.82) is 0 Å². The van der Waals surface area contributed by atoms with Crippen molar-refractivity contribution in [3.05, 3.63) is 11.8 Å². The second-order valence-corrected chi connectivity index (χ2v) is 5.15. The number of nitrogens with one attached hydrogen (secondary N) is 1. The zero-order valence-corrected chi connectivity index (χ0v) is 11.9. The van der Waals surface area contributed by atoms with Crippen molar-refractivity contribution in [3.63, 3.8) is 0 Å². The Morgan fingerprint density at radius 1 is 1.43 bits per heavy atom. The highest BCUT2D eigenvalue weighted by atomic mass is 16.5. The molecule has 0 saturated carbocycles. The summed E-state index contributed by atoms with van der Waals surface area (Å²) in [4.78, 5) is 12.1. The molecule has 2 aliphatic rings. The standard InChI is InChI=1S/C15H19N3O3/c19-14(13-11-17-18-8-4-10-21-15(13)18)16-7-3-6-12-5-1-2-9-20-12/h11-12H,1-2,4-5,7-10H2,(H,16,19). The summed E-state index contributed by atoms with van der Waals surface area (Å²) in [6.45, 7) is 2.52. The van der Waals surface area contributed by atoms with Crippen LogP contribution in [0.1, 0.15) is 36.0 Å². The second-order valence-electron chi connectivity index (χ2n) is 5.15. The topological polar surface area (TPSA) is 65.4 Å². The molecular formula is C15H19N3O3. The third kappa shape index (κ3) is 3.37. The fraction of sp³-hybridized carbons (Fsp3) is 0.600. The Balaban J connectivity index is 1.52. The fourth-order valence-electron chi connectivity index (χ4n) is 2.46. The van der Waals surface area contributed by atoms with Crippen LogP contribution in [-0.4, -0.2) is 41.6 Å². The molecule has 1 fully saturated rings. The maximum Gasteiger partial charge on any atom is 0.259 e. The van der Waals surface area contributed by atoms with Gasteiger partial charge in [-0.1, -0.05) is 11.8 Å². The number of fused-ring (bicyclic) bond motifs is 1. The molecule has 21 heavy (non-hydrogen) atoms. The Kier molecular flexibility index (Phi) is 4.41. The molecule has 1 saturated heterocycles. The van der Waals surface area contributed by atoms with E-state index in [-0.39, 0.29) is 12.0 Å². The van der Waals surface area contributed by atoms with Crippen LogP contribution in [0.4, 0.5) is 0 Å². The van der Waals surface area contributed by atoms with Gasteiger partial charge >= 0.3 is 0 Å². The number of nitrogens with zero attached hydrogens (tertiary/aromatic N) is 2. The van der Waals surface area contributed by atoms with Crippen molar-refractivity contribution < 1.29 is 14.3 Å². The summed E-state index contributed by atoms with van der Waals surface area (Å²) in [5.41, 5.74) is 0.477. The van der Waals surface area contributed by atoms with E-state index in [4.69, 9.17) is 9.47 Å². The van der Waals surface area contributed by atoms with Gasteiger partial charge in [0.25, 0.3) is 5.91 Å². The van der Waals surface area contributed by atoms with Crippen molar-refractivity contribution >= 4 is 5.91 Å². The number of aromatic nitrogens is 2. The smallest absolute Gasteiger partial charge is 0.259 e. The number of aryl methyl sites for hydroxylation is 1. The van der Waals surface area contributed by atoms with Gasteiger partial charge in [-0.3, -0.25) is 4.79 Å². The number of ether oxygens (including phenoxy) is 2. The predicted molar refractivity (Wildman–Crippen MR) is 76.0 cm³/mol. The Labute approximate surface area is 123 Å². The average molecular weight is 289 g/mol. The molecule has 1 N–H and O–H groups in total. The Morgan fingerprint density at radius 2 is 2.38 bits per heavy atom. The molecule has 1 unspecified atom stereocenters. The Hall–Kier alpha value is -2.00. The molecule has 0 bridgehead atoms. The molecule has 0 aliphatic carbocycles. The van der Waals surface area contributed by atoms with Gasteiger partial charge in [0.15, 0.2) is 0 Å². The van der Waals surface area contributed by atoms with Gasteiger partial charge in [-0.25, -0.2) is 4.68 Å². The molecule has 112 valence electrons. The third-order valence-corrected chi connectivity index (χ3v) is 3.57. The van der Waals surface area contributed by atoms with E-state index in [1.54, 1.807) is 10.9 Å². The largest absolute Gasteiger partial charge is 0.477 e. The zero-order valence-electron chi connectivity index (χ0n) is 11.9. The van der Waals surface area contributed by atoms with Crippen LogP contribution in [0.25, 0.3) is 0 Å². The molecule has 1 aromatic rings. The monoisotopic (exact) mass is 289 g/mol. The quantitative estimate of drug-likeness (QED) is 0.824. The van der Waals surface area contributed by atoms with Crippen molar-refractivity contribution in [2.75, 3.05) is 19.8 Å². The number of hydrogen-bond donors (Lipinski definition) is 1. The lowest BCUT2D eigenvalue weighted by Crippen LogP contribution is -2.25. The lowest BCUT2D eigenvalue weighted by Gasteiger charge is -2.17. The van der Waals surface area contributed by atoms with Gasteiger partial charge in [-0.05, 0) is 19.3 Å². The second kappa shape index (κ2) is 6.64. The third-order valence-electron chi connectivity index (χ3n) is 3.57. The van der Waals surface area contributed by atoms with E-state index < -0.39 is 0 Å². The summed E-state index contributed by atoms with van der Waals surface area (Å²) in [6.07, 6.45) is 5.73. The molecule has 1 atom stereocenters. The highest BCUT2D eigenvalue weighted by Gasteiger charge is 2.21. The summed E-state index contributed by atoms with van der Waals surface area (Å²) < 4.78 is 12.7. The normalized spacial score (nSPS) is 20.7. The van der Waals surface area contributed by atoms with Crippen LogP contribution >= 0.6 is 0 Å². The molecule has 3 heterocycles. The first-order valence-electron chi connectivity index (χ1n) is 7.41. The van der Waals surface area contributed by atoms with E-state index in [1.807, 2.05) is 0 Å². The summed E-state index contributed by atoms with van der Waals surface area (Å²) in [7, 11) is 0. The molecule has 2 aliphatic heterocycles. The summed E-state index contributed by atoms with van der Waals surface area (Å²) in [5, 5.41) is 6.93. The van der Waals surface area contributed by atoms with Gasteiger partial charge in [0, 0.05) is 19.6 Å². The number of carbonyl (C=O) groups excluding carboxylic acids is 1. The molecule has 0 spiro atoms. The van der Waals surface area contributed by atoms with Crippen LogP contribution in [0, 0.1) is 11.8 Å². The van der Waals surface area contributed by atoms with Gasteiger partial charge in [0.1, 0.15) is 11.7 Å². The van der Waals surface area contributed by atoms with Crippen LogP contribution in [0.15, 0.2) is 6.20 Å². The lowest BCUT2D eigenvalue weighted by atomic mass is 10.1. The highest BCUT2D eigenvalue weighted by molar-refractivity contribution is 5.96. The van der Waals surface area contributed by atoms with Crippen molar-refractivity contribution in [1.82, 2.24) is 15.1 Å². The fourth-order valence-corrected chi connectivity index (χ4v) is 2.46. The van der Waals surface area contributed by atoms with E-state index in [0.717, 1.165) is 38.8 Å². The van der Waals surface area contributed by atoms with Gasteiger partial charge in [-0.15, -0.1) is 0 Å². The highest BCUT2D eigenvalue weighted by Crippen LogP contribution is 2.21. The summed E-state index contributed by atoms with van der Waals surface area (Å²) >= 11 is 0. The first-order chi connectivity index (χ1) is 10.3. The first-order valence-corrected chi connectivity index (χ1v) is 7.41. The van der Waals surface area contributed by atoms with Gasteiger partial charge in [0.2, 0.25) is 5.88 Å². The molecule has 0 aromatic carbocycles. The molecule has 6 heteroatoms. The van der Waals surface area contributed by atoms with Gasteiger partial charge < -0.3 is 14.8 Å². The minimum absolute atomic E-state index is 0.0166. The maximum absolute atomic E-state index is 12.1. The summed E-state index contributed by atoms with van der Waals surface area (Å²) in [6, 6.07) is 0. The van der Waals surface area contributed by atoms with Crippen molar-refractivity contribution in [2.45, 2.75) is 38.3 Å². The molecular weight excluding hydrogens is 270 g/mol. The van der Waals surface area contributed by atoms with E-state index in [2.05, 4.69) is 22.3 Å². The molecule has 0 radical (unpaired) electrons. The minimum Gasteiger partial charge on any atom is -0.477 e. The minimum atomic E-state index is -0.197. The van der Waals surface area contributed by atoms with Gasteiger partial charge in [0.05, 0.1) is 19.3 Å². The number of carbonyl (C=O) groups is 1. The molecule has 3 rings (SSSR count). The van der Waals surface area contributed by atoms with Crippen LogP contribution < -0.4 is 10.1 Å². The lowest BCUT2D eigenvalue weighted by molar-refractivity contribution is 0.0525. The molecule has 1 amide bonds. The molecule has 1 aromatic heterocycles. The van der Waals surface area contributed by atoms with Crippen LogP contribution in [0.3, 0.4) is 0 Å². The van der Waals surface area contributed by atoms with Crippen LogP contribution in [0.5, 0.6) is 5.88 Å². The number of hydrogen-bond acceptors (Lipinski definition) is 4. The SMILES string of the molecule is O=C(NCC#CC1CCCCO1)c1cnn2c1OCCC2. The average Bonchev–Trinajstić information content (AvgIpc) is 2.96. The van der Waals surface area contributed by atoms with E-state index in [9.17, 15) is 4.79 Å². The van der Waals surface area contributed by atoms with Crippen molar-refractivity contribution in [3.8, 4) is 17.7 Å². The van der Waals surface area contributed by atoms with Gasteiger partial charge in [-0.2, -0.15) is 5.10 Å². The van der Waals surface area contributed by atoms with Crippen molar-refractivity contribution in [2.24, 2.45) is 0 Å². The zero-order chi connectivity index (χ0) is 14.5. The van der Waals surface area contributed by atoms with E-state index in [1.165, 1.54) is 0 Å². The first kappa shape index (κ1) is 14.0.